The lowest BCUT2D eigenvalue weighted by atomic mass is 10.1. The number of anilines is 2. The summed E-state index contributed by atoms with van der Waals surface area (Å²) in [6.45, 7) is 1.86. The quantitative estimate of drug-likeness (QED) is 0.470. The predicted octanol–water partition coefficient (Wildman–Crippen LogP) is 4.37. The minimum absolute atomic E-state index is 0.231. The average Bonchev–Trinajstić information content (AvgIpc) is 2.74. The first-order valence-electron chi connectivity index (χ1n) is 9.02. The lowest BCUT2D eigenvalue weighted by molar-refractivity contribution is 0.0937. The minimum atomic E-state index is -0.604. The largest absolute Gasteiger partial charge is 0.337 e. The van der Waals surface area contributed by atoms with Crippen molar-refractivity contribution in [2.75, 3.05) is 10.6 Å². The van der Waals surface area contributed by atoms with Gasteiger partial charge in [-0.25, -0.2) is 10.2 Å². The predicted molar refractivity (Wildman–Crippen MR) is 117 cm³/mol. The summed E-state index contributed by atoms with van der Waals surface area (Å²) in [4.78, 5) is 36.4. The second-order valence-electron chi connectivity index (χ2n) is 6.39. The molecule has 0 aromatic heterocycles. The van der Waals surface area contributed by atoms with E-state index in [2.05, 4.69) is 21.5 Å². The molecular formula is C22H19ClN4O3. The van der Waals surface area contributed by atoms with Crippen LogP contribution in [0.4, 0.5) is 16.2 Å². The average molecular weight is 423 g/mol. The number of urea groups is 1. The molecule has 4 amide bonds. The molecule has 0 fully saturated rings. The first-order chi connectivity index (χ1) is 14.4. The van der Waals surface area contributed by atoms with Crippen LogP contribution in [0.2, 0.25) is 5.02 Å². The third kappa shape index (κ3) is 5.59. The molecule has 0 bridgehead atoms. The van der Waals surface area contributed by atoms with Gasteiger partial charge in [0.05, 0.1) is 0 Å². The van der Waals surface area contributed by atoms with Crippen LogP contribution < -0.4 is 21.5 Å². The van der Waals surface area contributed by atoms with Gasteiger partial charge in [-0.1, -0.05) is 29.8 Å². The maximum atomic E-state index is 12.3. The Kier molecular flexibility index (Phi) is 6.67. The molecule has 0 unspecified atom stereocenters. The lowest BCUT2D eigenvalue weighted by Gasteiger charge is -2.10. The molecule has 8 heteroatoms. The Morgan fingerprint density at radius 1 is 0.700 bits per heavy atom. The fourth-order valence-electron chi connectivity index (χ4n) is 2.61. The van der Waals surface area contributed by atoms with Gasteiger partial charge in [0.25, 0.3) is 11.8 Å². The first kappa shape index (κ1) is 20.9. The Morgan fingerprint density at radius 3 is 1.97 bits per heavy atom. The van der Waals surface area contributed by atoms with Gasteiger partial charge >= 0.3 is 6.03 Å². The van der Waals surface area contributed by atoms with E-state index in [1.54, 1.807) is 60.7 Å². The van der Waals surface area contributed by atoms with E-state index < -0.39 is 11.9 Å². The molecule has 0 aliphatic rings. The summed E-state index contributed by atoms with van der Waals surface area (Å²) in [6.07, 6.45) is 0. The van der Waals surface area contributed by atoms with Crippen LogP contribution in [0.25, 0.3) is 0 Å². The van der Waals surface area contributed by atoms with Crippen LogP contribution in [0, 0.1) is 6.92 Å². The van der Waals surface area contributed by atoms with E-state index in [0.29, 0.717) is 27.5 Å². The lowest BCUT2D eigenvalue weighted by Crippen LogP contribution is -2.43. The number of carbonyl (C=O) groups excluding carboxylic acids is 3. The van der Waals surface area contributed by atoms with E-state index in [1.807, 2.05) is 19.1 Å². The Hall–Kier alpha value is -3.84. The molecule has 3 aromatic rings. The third-order valence-corrected chi connectivity index (χ3v) is 4.44. The molecule has 0 saturated carbocycles. The van der Waals surface area contributed by atoms with E-state index in [9.17, 15) is 14.4 Å². The second-order valence-corrected chi connectivity index (χ2v) is 6.82. The molecular weight excluding hydrogens is 404 g/mol. The Labute approximate surface area is 178 Å². The van der Waals surface area contributed by atoms with Crippen LogP contribution in [0.15, 0.2) is 72.8 Å². The molecule has 0 aliphatic carbocycles. The number of aryl methyl sites for hydroxylation is 1. The van der Waals surface area contributed by atoms with E-state index in [-0.39, 0.29) is 5.91 Å². The van der Waals surface area contributed by atoms with Gasteiger partial charge in [-0.15, -0.1) is 0 Å². The van der Waals surface area contributed by atoms with Crippen LogP contribution in [-0.4, -0.2) is 17.8 Å². The van der Waals surface area contributed by atoms with Crippen molar-refractivity contribution >= 4 is 40.8 Å². The summed E-state index contributed by atoms with van der Waals surface area (Å²) in [5, 5.41) is 5.89. The van der Waals surface area contributed by atoms with E-state index in [1.165, 1.54) is 0 Å². The zero-order chi connectivity index (χ0) is 21.5. The Morgan fingerprint density at radius 2 is 1.30 bits per heavy atom. The molecule has 0 radical (unpaired) electrons. The molecule has 152 valence electrons. The maximum absolute atomic E-state index is 12.3. The monoisotopic (exact) mass is 422 g/mol. The van der Waals surface area contributed by atoms with E-state index in [4.69, 9.17) is 11.6 Å². The summed E-state index contributed by atoms with van der Waals surface area (Å²) >= 11 is 5.79. The van der Waals surface area contributed by atoms with Gasteiger partial charge in [-0.3, -0.25) is 15.0 Å². The first-order valence-corrected chi connectivity index (χ1v) is 9.40. The van der Waals surface area contributed by atoms with Gasteiger partial charge in [0.1, 0.15) is 0 Å². The number of rotatable bonds is 4. The van der Waals surface area contributed by atoms with E-state index >= 15 is 0 Å². The van der Waals surface area contributed by atoms with Crippen LogP contribution >= 0.6 is 11.6 Å². The van der Waals surface area contributed by atoms with Crippen molar-refractivity contribution < 1.29 is 14.4 Å². The molecule has 3 rings (SSSR count). The van der Waals surface area contributed by atoms with Crippen molar-refractivity contribution in [1.82, 2.24) is 10.9 Å². The SMILES string of the molecule is Cc1ccccc1C(=O)Nc1ccc(C(=O)NNC(=O)Nc2ccc(Cl)cc2)cc1. The van der Waals surface area contributed by atoms with Gasteiger partial charge in [0.2, 0.25) is 0 Å². The van der Waals surface area contributed by atoms with Gasteiger partial charge in [-0.2, -0.15) is 0 Å². The number of nitrogens with one attached hydrogen (secondary N) is 4. The number of amides is 4. The highest BCUT2D eigenvalue weighted by atomic mass is 35.5. The number of hydrogen-bond donors (Lipinski definition) is 4. The van der Waals surface area contributed by atoms with Crippen molar-refractivity contribution in [3.8, 4) is 0 Å². The van der Waals surface area contributed by atoms with Gasteiger partial charge < -0.3 is 10.6 Å². The second kappa shape index (κ2) is 9.58. The van der Waals surface area contributed by atoms with Crippen molar-refractivity contribution in [3.63, 3.8) is 0 Å². The molecule has 0 aliphatic heterocycles. The summed E-state index contributed by atoms with van der Waals surface area (Å²) in [7, 11) is 0. The van der Waals surface area contributed by atoms with Crippen molar-refractivity contribution in [1.29, 1.82) is 0 Å². The topological polar surface area (TPSA) is 99.3 Å². The van der Waals surface area contributed by atoms with Gasteiger partial charge in [-0.05, 0) is 67.1 Å². The maximum Gasteiger partial charge on any atom is 0.337 e. The van der Waals surface area contributed by atoms with Gasteiger partial charge in [0, 0.05) is 27.5 Å². The van der Waals surface area contributed by atoms with Crippen molar-refractivity contribution in [2.45, 2.75) is 6.92 Å². The molecule has 4 N–H and O–H groups in total. The smallest absolute Gasteiger partial charge is 0.322 e. The van der Waals surface area contributed by atoms with Crippen LogP contribution in [0.1, 0.15) is 26.3 Å². The highest BCUT2D eigenvalue weighted by Gasteiger charge is 2.10. The van der Waals surface area contributed by atoms with Gasteiger partial charge in [0.15, 0.2) is 0 Å². The van der Waals surface area contributed by atoms with Crippen LogP contribution in [0.3, 0.4) is 0 Å². The number of halogens is 1. The summed E-state index contributed by atoms with van der Waals surface area (Å²) in [5.74, 6) is -0.733. The minimum Gasteiger partial charge on any atom is -0.322 e. The Bertz CT molecular complexity index is 1070. The van der Waals surface area contributed by atoms with E-state index in [0.717, 1.165) is 5.56 Å². The van der Waals surface area contributed by atoms with Crippen molar-refractivity contribution in [3.05, 3.63) is 94.5 Å². The molecule has 0 heterocycles. The zero-order valence-electron chi connectivity index (χ0n) is 16.0. The fraction of sp³-hybridized carbons (Fsp3) is 0.0455. The zero-order valence-corrected chi connectivity index (χ0v) is 16.8. The van der Waals surface area contributed by atoms with Crippen LogP contribution in [0.5, 0.6) is 0 Å². The molecule has 0 saturated heterocycles. The molecule has 7 nitrogen and oxygen atoms in total. The molecule has 0 spiro atoms. The molecule has 30 heavy (non-hydrogen) atoms. The fourth-order valence-corrected chi connectivity index (χ4v) is 2.74. The summed E-state index contributed by atoms with van der Waals surface area (Å²) in [5.41, 5.74) is 7.42. The normalized spacial score (nSPS) is 10.1. The summed E-state index contributed by atoms with van der Waals surface area (Å²) < 4.78 is 0. The highest BCUT2D eigenvalue weighted by Crippen LogP contribution is 2.14. The third-order valence-electron chi connectivity index (χ3n) is 4.19. The highest BCUT2D eigenvalue weighted by molar-refractivity contribution is 6.30. The summed E-state index contributed by atoms with van der Waals surface area (Å²) in [6, 6.07) is 19.5. The number of benzene rings is 3. The Balaban J connectivity index is 1.52. The number of hydrogen-bond acceptors (Lipinski definition) is 3. The van der Waals surface area contributed by atoms with Crippen LogP contribution in [-0.2, 0) is 0 Å². The molecule has 3 aromatic carbocycles. The van der Waals surface area contributed by atoms with Crippen molar-refractivity contribution in [2.24, 2.45) is 0 Å². The number of carbonyl (C=O) groups is 3. The molecule has 0 atom stereocenters. The number of hydrazine groups is 1. The standard InChI is InChI=1S/C22H19ClN4O3/c1-14-4-2-3-5-19(14)21(29)24-17-10-6-15(7-11-17)20(28)26-27-22(30)25-18-12-8-16(23)9-13-18/h2-13H,1H3,(H,24,29)(H,26,28)(H2,25,27,30).